The van der Waals surface area contributed by atoms with Crippen LogP contribution in [0.5, 0.6) is 0 Å². The quantitative estimate of drug-likeness (QED) is 0.833. The van der Waals surface area contributed by atoms with Gasteiger partial charge in [-0.15, -0.1) is 0 Å². The van der Waals surface area contributed by atoms with Gasteiger partial charge in [-0.05, 0) is 44.0 Å². The predicted octanol–water partition coefficient (Wildman–Crippen LogP) is 4.29. The highest BCUT2D eigenvalue weighted by Gasteiger charge is 2.11. The van der Waals surface area contributed by atoms with Crippen LogP contribution in [0.2, 0.25) is 0 Å². The Hall–Kier alpha value is -0.800. The summed E-state index contributed by atoms with van der Waals surface area (Å²) in [6, 6.07) is 4.18. The van der Waals surface area contributed by atoms with E-state index in [9.17, 15) is 0 Å². The molecule has 0 bridgehead atoms. The van der Waals surface area contributed by atoms with Gasteiger partial charge >= 0.3 is 0 Å². The molecule has 1 aromatic heterocycles. The molecule has 2 nitrogen and oxygen atoms in total. The van der Waals surface area contributed by atoms with E-state index in [1.54, 1.807) is 0 Å². The second-order valence-corrected chi connectivity index (χ2v) is 6.03. The lowest BCUT2D eigenvalue weighted by Gasteiger charge is -2.06. The third-order valence-corrected chi connectivity index (χ3v) is 3.73. The van der Waals surface area contributed by atoms with E-state index in [-0.39, 0.29) is 0 Å². The number of fused-ring (bicyclic) bond motifs is 1. The van der Waals surface area contributed by atoms with Gasteiger partial charge in [0, 0.05) is 15.4 Å². The summed E-state index contributed by atoms with van der Waals surface area (Å²) in [6.45, 7) is 8.59. The number of halogens is 1. The Morgan fingerprint density at radius 1 is 1.33 bits per heavy atom. The summed E-state index contributed by atoms with van der Waals surface area (Å²) in [4.78, 5) is 0. The van der Waals surface area contributed by atoms with Gasteiger partial charge in [-0.1, -0.05) is 35.8 Å². The van der Waals surface area contributed by atoms with Crippen molar-refractivity contribution >= 4 is 26.9 Å². The molecule has 0 aliphatic rings. The molecule has 3 heteroatoms. The molecule has 1 aromatic carbocycles. The van der Waals surface area contributed by atoms with Crippen molar-refractivity contribution < 1.29 is 4.42 Å². The fourth-order valence-electron chi connectivity index (χ4n) is 2.10. The van der Waals surface area contributed by atoms with Crippen LogP contribution in [0.25, 0.3) is 11.0 Å². The molecule has 0 saturated heterocycles. The largest absolute Gasteiger partial charge is 0.464 e. The lowest BCUT2D eigenvalue weighted by molar-refractivity contribution is 0.552. The van der Waals surface area contributed by atoms with Crippen molar-refractivity contribution in [3.05, 3.63) is 34.0 Å². The number of rotatable bonds is 5. The Morgan fingerprint density at radius 2 is 2.11 bits per heavy atom. The molecule has 1 heterocycles. The van der Waals surface area contributed by atoms with Gasteiger partial charge in [-0.25, -0.2) is 0 Å². The van der Waals surface area contributed by atoms with Crippen LogP contribution >= 0.6 is 15.9 Å². The summed E-state index contributed by atoms with van der Waals surface area (Å²) in [6.07, 6.45) is 2.89. The number of hydrogen-bond acceptors (Lipinski definition) is 2. The molecule has 0 amide bonds. The van der Waals surface area contributed by atoms with Crippen molar-refractivity contribution in [1.82, 2.24) is 5.32 Å². The molecule has 0 fully saturated rings. The van der Waals surface area contributed by atoms with Gasteiger partial charge in [-0.2, -0.15) is 0 Å². The van der Waals surface area contributed by atoms with E-state index >= 15 is 0 Å². The van der Waals surface area contributed by atoms with Gasteiger partial charge in [0.15, 0.2) is 0 Å². The molecule has 0 unspecified atom stereocenters. The van der Waals surface area contributed by atoms with Crippen molar-refractivity contribution in [3.63, 3.8) is 0 Å². The summed E-state index contributed by atoms with van der Waals surface area (Å²) >= 11 is 3.61. The van der Waals surface area contributed by atoms with Crippen LogP contribution in [-0.4, -0.2) is 13.1 Å². The number of aryl methyl sites for hydroxylation is 1. The normalized spacial score (nSPS) is 11.6. The lowest BCUT2D eigenvalue weighted by Crippen LogP contribution is -2.22. The van der Waals surface area contributed by atoms with Gasteiger partial charge in [0.1, 0.15) is 5.58 Å². The van der Waals surface area contributed by atoms with Crippen LogP contribution in [0.3, 0.4) is 0 Å². The molecule has 0 aliphatic heterocycles. The zero-order chi connectivity index (χ0) is 13.1. The van der Waals surface area contributed by atoms with E-state index in [0.29, 0.717) is 5.92 Å². The Kier molecular flexibility index (Phi) is 4.46. The van der Waals surface area contributed by atoms with Gasteiger partial charge < -0.3 is 9.73 Å². The minimum atomic E-state index is 0.695. The molecule has 1 N–H and O–H groups in total. The van der Waals surface area contributed by atoms with Crippen LogP contribution in [0.15, 0.2) is 27.3 Å². The second kappa shape index (κ2) is 5.89. The van der Waals surface area contributed by atoms with Gasteiger partial charge in [-0.3, -0.25) is 0 Å². The van der Waals surface area contributed by atoms with Crippen molar-refractivity contribution in [2.75, 3.05) is 13.1 Å². The maximum atomic E-state index is 5.68. The fraction of sp³-hybridized carbons (Fsp3) is 0.467. The Balaban J connectivity index is 2.12. The third-order valence-electron chi connectivity index (χ3n) is 3.07. The maximum absolute atomic E-state index is 5.68. The second-order valence-electron chi connectivity index (χ2n) is 5.18. The van der Waals surface area contributed by atoms with Crippen molar-refractivity contribution in [2.24, 2.45) is 5.92 Å². The maximum Gasteiger partial charge on any atom is 0.138 e. The molecule has 0 radical (unpaired) electrons. The average molecular weight is 310 g/mol. The lowest BCUT2D eigenvalue weighted by atomic mass is 10.1. The minimum absolute atomic E-state index is 0.695. The minimum Gasteiger partial charge on any atom is -0.464 e. The highest BCUT2D eigenvalue weighted by atomic mass is 79.9. The SMILES string of the molecule is Cc1ccc(Br)c2c(CCNCC(C)C)coc12. The third kappa shape index (κ3) is 2.96. The molecular weight excluding hydrogens is 290 g/mol. The number of furan rings is 1. The molecule has 98 valence electrons. The Morgan fingerprint density at radius 3 is 2.83 bits per heavy atom. The smallest absolute Gasteiger partial charge is 0.138 e. The van der Waals surface area contributed by atoms with Crippen molar-refractivity contribution in [3.8, 4) is 0 Å². The summed E-state index contributed by atoms with van der Waals surface area (Å²) in [5, 5.41) is 4.69. The summed E-state index contributed by atoms with van der Waals surface area (Å²) < 4.78 is 6.80. The molecule has 18 heavy (non-hydrogen) atoms. The van der Waals surface area contributed by atoms with Crippen LogP contribution in [0.1, 0.15) is 25.0 Å². The van der Waals surface area contributed by atoms with Gasteiger partial charge in [0.05, 0.1) is 6.26 Å². The standard InChI is InChI=1S/C15H20BrNO/c1-10(2)8-17-7-6-12-9-18-15-11(3)4-5-13(16)14(12)15/h4-5,9-10,17H,6-8H2,1-3H3. The first kappa shape index (κ1) is 13.6. The molecule has 0 aliphatic carbocycles. The average Bonchev–Trinajstić information content (AvgIpc) is 2.74. The first-order valence-electron chi connectivity index (χ1n) is 6.45. The van der Waals surface area contributed by atoms with E-state index in [4.69, 9.17) is 4.42 Å². The van der Waals surface area contributed by atoms with E-state index in [1.807, 2.05) is 6.26 Å². The van der Waals surface area contributed by atoms with E-state index in [0.717, 1.165) is 29.6 Å². The zero-order valence-electron chi connectivity index (χ0n) is 11.2. The summed E-state index contributed by atoms with van der Waals surface area (Å²) in [7, 11) is 0. The summed E-state index contributed by atoms with van der Waals surface area (Å²) in [5.41, 5.74) is 3.47. The Bertz CT molecular complexity index is 531. The van der Waals surface area contributed by atoms with Crippen LogP contribution in [-0.2, 0) is 6.42 Å². The molecule has 0 atom stereocenters. The van der Waals surface area contributed by atoms with Crippen LogP contribution in [0, 0.1) is 12.8 Å². The van der Waals surface area contributed by atoms with Crippen molar-refractivity contribution in [1.29, 1.82) is 0 Å². The topological polar surface area (TPSA) is 25.2 Å². The van der Waals surface area contributed by atoms with E-state index in [2.05, 4.69) is 54.2 Å². The van der Waals surface area contributed by atoms with Crippen LogP contribution < -0.4 is 5.32 Å². The number of nitrogens with one attached hydrogen (secondary N) is 1. The zero-order valence-corrected chi connectivity index (χ0v) is 12.8. The molecular formula is C15H20BrNO. The molecule has 2 rings (SSSR count). The van der Waals surface area contributed by atoms with E-state index in [1.165, 1.54) is 16.5 Å². The van der Waals surface area contributed by atoms with Gasteiger partial charge in [0.25, 0.3) is 0 Å². The molecule has 2 aromatic rings. The monoisotopic (exact) mass is 309 g/mol. The predicted molar refractivity (Wildman–Crippen MR) is 80.1 cm³/mol. The van der Waals surface area contributed by atoms with Gasteiger partial charge in [0.2, 0.25) is 0 Å². The first-order valence-corrected chi connectivity index (χ1v) is 7.24. The summed E-state index contributed by atoms with van der Waals surface area (Å²) in [5.74, 6) is 0.695. The molecule has 0 spiro atoms. The first-order chi connectivity index (χ1) is 8.59. The highest BCUT2D eigenvalue weighted by molar-refractivity contribution is 9.10. The van der Waals surface area contributed by atoms with Crippen molar-refractivity contribution in [2.45, 2.75) is 27.2 Å². The molecule has 0 saturated carbocycles. The Labute approximate surface area is 117 Å². The highest BCUT2D eigenvalue weighted by Crippen LogP contribution is 2.31. The fourth-order valence-corrected chi connectivity index (χ4v) is 2.67. The number of hydrogen-bond donors (Lipinski definition) is 1. The number of benzene rings is 1. The van der Waals surface area contributed by atoms with Crippen LogP contribution in [0.4, 0.5) is 0 Å². The van der Waals surface area contributed by atoms with E-state index < -0.39 is 0 Å².